The fourth-order valence-electron chi connectivity index (χ4n) is 4.95. The summed E-state index contributed by atoms with van der Waals surface area (Å²) in [5.74, 6) is -1.03. The first kappa shape index (κ1) is 26.2. The number of hydrogen-bond donors (Lipinski definition) is 1. The number of imidazole rings is 1. The highest BCUT2D eigenvalue weighted by Gasteiger charge is 2.46. The van der Waals surface area contributed by atoms with E-state index in [2.05, 4.69) is 4.98 Å². The van der Waals surface area contributed by atoms with E-state index in [1.165, 1.54) is 4.90 Å². The van der Waals surface area contributed by atoms with Gasteiger partial charge in [0, 0.05) is 19.3 Å². The summed E-state index contributed by atoms with van der Waals surface area (Å²) in [5, 5.41) is 11.6. The molecule has 200 valence electrons. The van der Waals surface area contributed by atoms with Crippen LogP contribution in [0.1, 0.15) is 34.1 Å². The minimum atomic E-state index is -0.782. The molecule has 0 saturated carbocycles. The van der Waals surface area contributed by atoms with Crippen LogP contribution >= 0.6 is 0 Å². The van der Waals surface area contributed by atoms with Crippen molar-refractivity contribution in [1.29, 1.82) is 0 Å². The summed E-state index contributed by atoms with van der Waals surface area (Å²) in [7, 11) is 3.82. The van der Waals surface area contributed by atoms with E-state index in [-0.39, 0.29) is 17.0 Å². The minimum absolute atomic E-state index is 0.0307. The van der Waals surface area contributed by atoms with Crippen molar-refractivity contribution in [3.05, 3.63) is 107 Å². The molecule has 1 N–H and O–H groups in total. The Hall–Kier alpha value is -4.43. The van der Waals surface area contributed by atoms with Gasteiger partial charge in [0.25, 0.3) is 11.7 Å². The third-order valence-electron chi connectivity index (χ3n) is 7.06. The summed E-state index contributed by atoms with van der Waals surface area (Å²) in [6.45, 7) is 5.03. The van der Waals surface area contributed by atoms with E-state index in [9.17, 15) is 14.7 Å². The van der Waals surface area contributed by atoms with E-state index in [4.69, 9.17) is 4.74 Å². The molecule has 5 rings (SSSR count). The Kier molecular flexibility index (Phi) is 7.21. The largest absolute Gasteiger partial charge is 0.505 e. The van der Waals surface area contributed by atoms with Crippen molar-refractivity contribution >= 4 is 23.1 Å². The maximum Gasteiger partial charge on any atom is 0.295 e. The number of nitrogens with zero attached hydrogens (tertiary/aromatic N) is 4. The first-order valence-electron chi connectivity index (χ1n) is 12.9. The van der Waals surface area contributed by atoms with Gasteiger partial charge in [0.1, 0.15) is 23.7 Å². The van der Waals surface area contributed by atoms with Crippen molar-refractivity contribution in [2.75, 3.05) is 27.2 Å². The van der Waals surface area contributed by atoms with Crippen molar-refractivity contribution in [3.63, 3.8) is 0 Å². The summed E-state index contributed by atoms with van der Waals surface area (Å²) >= 11 is 0. The number of carbonyl (C=O) groups excluding carboxylic acids is 2. The molecule has 8 heteroatoms. The lowest BCUT2D eigenvalue weighted by molar-refractivity contribution is -0.140. The number of aliphatic hydroxyl groups excluding tert-OH is 1. The van der Waals surface area contributed by atoms with E-state index in [0.717, 1.165) is 11.1 Å². The lowest BCUT2D eigenvalue weighted by Crippen LogP contribution is -2.35. The van der Waals surface area contributed by atoms with Crippen LogP contribution in [0.15, 0.2) is 78.5 Å². The van der Waals surface area contributed by atoms with Gasteiger partial charge >= 0.3 is 0 Å². The van der Waals surface area contributed by atoms with Crippen molar-refractivity contribution in [2.45, 2.75) is 26.5 Å². The predicted molar refractivity (Wildman–Crippen MR) is 149 cm³/mol. The van der Waals surface area contributed by atoms with Crippen LogP contribution in [-0.4, -0.2) is 63.2 Å². The van der Waals surface area contributed by atoms with Crippen molar-refractivity contribution in [2.24, 2.45) is 0 Å². The number of benzene rings is 2. The normalized spacial score (nSPS) is 16.9. The molecule has 1 aliphatic heterocycles. The smallest absolute Gasteiger partial charge is 0.295 e. The van der Waals surface area contributed by atoms with Gasteiger partial charge in [-0.1, -0.05) is 48.5 Å². The quantitative estimate of drug-likeness (QED) is 0.207. The minimum Gasteiger partial charge on any atom is -0.505 e. The Morgan fingerprint density at radius 2 is 1.79 bits per heavy atom. The Morgan fingerprint density at radius 1 is 1.03 bits per heavy atom. The molecule has 0 aliphatic carbocycles. The zero-order valence-electron chi connectivity index (χ0n) is 22.6. The number of rotatable bonds is 8. The third-order valence-corrected chi connectivity index (χ3v) is 7.06. The molecule has 0 radical (unpaired) electrons. The lowest BCUT2D eigenvalue weighted by Gasteiger charge is -2.26. The van der Waals surface area contributed by atoms with Gasteiger partial charge < -0.3 is 24.0 Å². The molecule has 0 spiro atoms. The highest BCUT2D eigenvalue weighted by molar-refractivity contribution is 6.46. The SMILES string of the molecule is Cc1cccn2c(C)c(C(O)=C3C(=O)C(=O)N(CCN(C)C)C3c3cccc(OCc4ccccc4)c3)nc12. The third kappa shape index (κ3) is 5.03. The molecule has 8 nitrogen and oxygen atoms in total. The van der Waals surface area contributed by atoms with Crippen LogP contribution in [-0.2, 0) is 16.2 Å². The van der Waals surface area contributed by atoms with Crippen LogP contribution in [0.3, 0.4) is 0 Å². The number of fused-ring (bicyclic) bond motifs is 1. The summed E-state index contributed by atoms with van der Waals surface area (Å²) in [6.07, 6.45) is 1.86. The van der Waals surface area contributed by atoms with Gasteiger partial charge in [-0.15, -0.1) is 0 Å². The Balaban J connectivity index is 1.59. The number of amides is 1. The second-order valence-electron chi connectivity index (χ2n) is 10.1. The fourth-order valence-corrected chi connectivity index (χ4v) is 4.95. The number of pyridine rings is 1. The summed E-state index contributed by atoms with van der Waals surface area (Å²) in [6, 6.07) is 20.2. The van der Waals surface area contributed by atoms with Crippen LogP contribution in [0.2, 0.25) is 0 Å². The fraction of sp³-hybridized carbons (Fsp3) is 0.258. The zero-order valence-corrected chi connectivity index (χ0v) is 22.6. The highest BCUT2D eigenvalue weighted by Crippen LogP contribution is 2.40. The number of aryl methyl sites for hydroxylation is 2. The number of hydrogen-bond acceptors (Lipinski definition) is 6. The number of Topliss-reactive ketones (excluding diaryl/α,β-unsaturated/α-hetero) is 1. The van der Waals surface area contributed by atoms with Gasteiger partial charge in [-0.3, -0.25) is 9.59 Å². The molecule has 1 aliphatic rings. The number of carbonyl (C=O) groups is 2. The summed E-state index contributed by atoms with van der Waals surface area (Å²) in [4.78, 5) is 34.9. The number of aliphatic hydroxyl groups is 1. The number of aromatic nitrogens is 2. The second-order valence-corrected chi connectivity index (χ2v) is 10.1. The molecule has 0 bridgehead atoms. The van der Waals surface area contributed by atoms with E-state index >= 15 is 0 Å². The summed E-state index contributed by atoms with van der Waals surface area (Å²) < 4.78 is 7.92. The maximum absolute atomic E-state index is 13.5. The van der Waals surface area contributed by atoms with Crippen LogP contribution in [0.4, 0.5) is 0 Å². The molecule has 1 atom stereocenters. The molecule has 4 aromatic rings. The average molecular weight is 525 g/mol. The van der Waals surface area contributed by atoms with Crippen molar-refractivity contribution in [3.8, 4) is 5.75 Å². The first-order chi connectivity index (χ1) is 18.8. The van der Waals surface area contributed by atoms with Gasteiger partial charge in [-0.25, -0.2) is 4.98 Å². The highest BCUT2D eigenvalue weighted by atomic mass is 16.5. The van der Waals surface area contributed by atoms with Crippen LogP contribution < -0.4 is 4.74 Å². The van der Waals surface area contributed by atoms with Gasteiger partial charge in [-0.05, 0) is 62.8 Å². The molecule has 1 saturated heterocycles. The topological polar surface area (TPSA) is 87.4 Å². The molecule has 2 aromatic carbocycles. The maximum atomic E-state index is 13.5. The first-order valence-corrected chi connectivity index (χ1v) is 12.9. The molecule has 1 fully saturated rings. The van der Waals surface area contributed by atoms with Gasteiger partial charge in [0.2, 0.25) is 0 Å². The standard InChI is InChI=1S/C31H32N4O4/c1-20-10-9-15-34-21(2)26(32-30(20)34)28(36)25-27(35(17-16-33(3)4)31(38)29(25)37)23-13-8-14-24(18-23)39-19-22-11-6-5-7-12-22/h5-15,18,27,36H,16-17,19H2,1-4H3. The van der Waals surface area contributed by atoms with E-state index in [0.29, 0.717) is 42.4 Å². The molecular formula is C31H32N4O4. The van der Waals surface area contributed by atoms with Gasteiger partial charge in [-0.2, -0.15) is 0 Å². The van der Waals surface area contributed by atoms with Crippen molar-refractivity contribution in [1.82, 2.24) is 19.2 Å². The van der Waals surface area contributed by atoms with Crippen LogP contribution in [0.25, 0.3) is 11.4 Å². The predicted octanol–water partition coefficient (Wildman–Crippen LogP) is 4.51. The monoisotopic (exact) mass is 524 g/mol. The number of likely N-dealkylation sites (N-methyl/N-ethyl adjacent to an activating group) is 1. The molecular weight excluding hydrogens is 492 g/mol. The van der Waals surface area contributed by atoms with E-state index in [1.54, 1.807) is 0 Å². The number of ether oxygens (including phenoxy) is 1. The number of ketones is 1. The lowest BCUT2D eigenvalue weighted by atomic mass is 9.96. The van der Waals surface area contributed by atoms with Crippen LogP contribution in [0, 0.1) is 13.8 Å². The molecule has 39 heavy (non-hydrogen) atoms. The van der Waals surface area contributed by atoms with Gasteiger partial charge in [0.15, 0.2) is 5.76 Å². The Labute approximate surface area is 227 Å². The van der Waals surface area contributed by atoms with Crippen LogP contribution in [0.5, 0.6) is 5.75 Å². The van der Waals surface area contributed by atoms with Gasteiger partial charge in [0.05, 0.1) is 17.3 Å². The Morgan fingerprint density at radius 3 is 2.51 bits per heavy atom. The average Bonchev–Trinajstić information content (AvgIpc) is 3.41. The number of likely N-dealkylation sites (tertiary alicyclic amines) is 1. The Bertz CT molecular complexity index is 1570. The van der Waals surface area contributed by atoms with E-state index in [1.807, 2.05) is 110 Å². The molecule has 1 unspecified atom stereocenters. The second kappa shape index (κ2) is 10.7. The van der Waals surface area contributed by atoms with Crippen molar-refractivity contribution < 1.29 is 19.4 Å². The molecule has 1 amide bonds. The molecule has 2 aromatic heterocycles. The van der Waals surface area contributed by atoms with E-state index < -0.39 is 17.7 Å². The summed E-state index contributed by atoms with van der Waals surface area (Å²) in [5.41, 5.74) is 4.33. The molecule has 3 heterocycles. The zero-order chi connectivity index (χ0) is 27.7.